The summed E-state index contributed by atoms with van der Waals surface area (Å²) in [6.07, 6.45) is 3.89. The summed E-state index contributed by atoms with van der Waals surface area (Å²) in [7, 11) is -0.388. The molecule has 0 aliphatic rings. The van der Waals surface area contributed by atoms with E-state index in [0.717, 1.165) is 4.48 Å². The quantitative estimate of drug-likeness (QED) is 0.359. The summed E-state index contributed by atoms with van der Waals surface area (Å²) in [5.41, 5.74) is 0. The Hall–Kier alpha value is 1.01. The number of unbranched alkanes of at least 4 members (excludes halogenated alkanes) is 1. The maximum absolute atomic E-state index is 6.58. The van der Waals surface area contributed by atoms with Crippen LogP contribution in [-0.2, 0) is 8.23 Å². The molecule has 0 amide bonds. The van der Waals surface area contributed by atoms with Gasteiger partial charge in [0, 0.05) is 0 Å². The minimum absolute atomic E-state index is 0. The molecule has 0 N–H and O–H groups in total. The molecule has 0 aromatic rings. The Morgan fingerprint density at radius 3 is 1.70 bits per heavy atom. The van der Waals surface area contributed by atoms with E-state index in [1.54, 1.807) is 0 Å². The van der Waals surface area contributed by atoms with Gasteiger partial charge < -0.3 is 29.7 Å². The van der Waals surface area contributed by atoms with Crippen molar-refractivity contribution in [1.82, 2.24) is 0 Å². The molecule has 142 valence electrons. The summed E-state index contributed by atoms with van der Waals surface area (Å²) < 4.78 is 14.1. The third-order valence-electron chi connectivity index (χ3n) is 3.73. The Labute approximate surface area is 160 Å². The Morgan fingerprint density at radius 2 is 1.26 bits per heavy atom. The minimum atomic E-state index is -1.97. The zero-order valence-corrected chi connectivity index (χ0v) is 22.0. The molecular weight excluding hydrogens is 402 g/mol. The van der Waals surface area contributed by atoms with Gasteiger partial charge in [0.1, 0.15) is 0 Å². The molecule has 0 unspecified atom stereocenters. The Morgan fingerprint density at radius 1 is 0.783 bits per heavy atom. The van der Waals surface area contributed by atoms with E-state index in [4.69, 9.17) is 8.23 Å². The normalized spacial score (nSPS) is 13.8. The fourth-order valence-corrected chi connectivity index (χ4v) is 16.3. The van der Waals surface area contributed by atoms with Crippen molar-refractivity contribution in [3.8, 4) is 0 Å². The predicted octanol–water partition coefficient (Wildman–Crippen LogP) is 2.03. The highest BCUT2D eigenvalue weighted by atomic mass is 79.9. The van der Waals surface area contributed by atoms with Crippen LogP contribution in [0, 0.1) is 0 Å². The SMILES string of the molecule is CCCC[N+](C)(C)CCC[Si](C)(C)O[Si](C)(C)O[Si](C)(C)C.[Br-]. The first-order valence-corrected chi connectivity index (χ1v) is 18.2. The molecule has 0 radical (unpaired) electrons. The molecular formula is C16H42BrNO2Si3. The van der Waals surface area contributed by atoms with Gasteiger partial charge in [0.15, 0.2) is 16.6 Å². The highest BCUT2D eigenvalue weighted by Gasteiger charge is 2.37. The smallest absolute Gasteiger partial charge is 0.311 e. The summed E-state index contributed by atoms with van der Waals surface area (Å²) in [6, 6.07) is 1.24. The highest BCUT2D eigenvalue weighted by molar-refractivity contribution is 6.87. The highest BCUT2D eigenvalue weighted by Crippen LogP contribution is 2.24. The first-order valence-electron chi connectivity index (χ1n) is 8.90. The summed E-state index contributed by atoms with van der Waals surface area (Å²) >= 11 is 0. The molecule has 0 bridgehead atoms. The van der Waals surface area contributed by atoms with Crippen LogP contribution in [0.3, 0.4) is 0 Å². The molecule has 3 nitrogen and oxygen atoms in total. The molecule has 23 heavy (non-hydrogen) atoms. The lowest BCUT2D eigenvalue weighted by molar-refractivity contribution is -0.890. The summed E-state index contributed by atoms with van der Waals surface area (Å²) in [5, 5.41) is 0. The van der Waals surface area contributed by atoms with E-state index in [1.807, 2.05) is 0 Å². The van der Waals surface area contributed by atoms with Crippen molar-refractivity contribution in [1.29, 1.82) is 0 Å². The standard InChI is InChI=1S/C16H42NO2Si3.BrH/c1-11-12-14-17(2,3)15-13-16-21(7,8)19-22(9,10)18-20(4,5)6;/h11-16H2,1-10H3;1H/q+1;/p-1. The Bertz CT molecular complexity index is 332. The third kappa shape index (κ3) is 15.0. The molecule has 0 spiro atoms. The third-order valence-corrected chi connectivity index (χ3v) is 13.9. The zero-order chi connectivity index (χ0) is 17.7. The molecule has 0 aliphatic heterocycles. The van der Waals surface area contributed by atoms with Crippen LogP contribution in [0.15, 0.2) is 0 Å². The van der Waals surface area contributed by atoms with Crippen LogP contribution in [-0.4, -0.2) is 56.9 Å². The Balaban J connectivity index is 0. The maximum atomic E-state index is 6.58. The maximum Gasteiger partial charge on any atom is 0.311 e. The van der Waals surface area contributed by atoms with Gasteiger partial charge in [0.25, 0.3) is 0 Å². The van der Waals surface area contributed by atoms with Crippen LogP contribution in [0.25, 0.3) is 0 Å². The fraction of sp³-hybridized carbons (Fsp3) is 1.00. The van der Waals surface area contributed by atoms with Crippen molar-refractivity contribution < 1.29 is 29.7 Å². The van der Waals surface area contributed by atoms with Crippen LogP contribution in [0.1, 0.15) is 26.2 Å². The molecule has 0 saturated carbocycles. The van der Waals surface area contributed by atoms with Gasteiger partial charge >= 0.3 is 8.56 Å². The molecule has 0 rings (SSSR count). The lowest BCUT2D eigenvalue weighted by Gasteiger charge is -2.38. The topological polar surface area (TPSA) is 18.5 Å². The van der Waals surface area contributed by atoms with Gasteiger partial charge in [0.05, 0.1) is 27.2 Å². The largest absolute Gasteiger partial charge is 1.00 e. The van der Waals surface area contributed by atoms with Crippen molar-refractivity contribution in [2.24, 2.45) is 0 Å². The van der Waals surface area contributed by atoms with E-state index in [0.29, 0.717) is 0 Å². The van der Waals surface area contributed by atoms with Crippen LogP contribution in [0.5, 0.6) is 0 Å². The van der Waals surface area contributed by atoms with Crippen molar-refractivity contribution in [2.45, 2.75) is 78.1 Å². The number of nitrogens with zero attached hydrogens (tertiary/aromatic N) is 1. The molecule has 0 heterocycles. The first kappa shape index (κ1) is 26.2. The monoisotopic (exact) mass is 443 g/mol. The summed E-state index contributed by atoms with van der Waals surface area (Å²) in [6.45, 7) is 20.8. The lowest BCUT2D eigenvalue weighted by Crippen LogP contribution is -3.00. The van der Waals surface area contributed by atoms with Gasteiger partial charge in [-0.2, -0.15) is 0 Å². The van der Waals surface area contributed by atoms with Crippen LogP contribution in [0.2, 0.25) is 51.9 Å². The van der Waals surface area contributed by atoms with Crippen LogP contribution < -0.4 is 17.0 Å². The van der Waals surface area contributed by atoms with Crippen molar-refractivity contribution in [2.75, 3.05) is 27.2 Å². The molecule has 0 atom stereocenters. The van der Waals surface area contributed by atoms with Gasteiger partial charge in [-0.3, -0.25) is 0 Å². The number of quaternary nitrogens is 1. The summed E-state index contributed by atoms with van der Waals surface area (Å²) in [4.78, 5) is 0. The first-order chi connectivity index (χ1) is 9.68. The number of rotatable bonds is 11. The van der Waals surface area contributed by atoms with Crippen LogP contribution >= 0.6 is 0 Å². The Kier molecular flexibility index (Phi) is 11.7. The van der Waals surface area contributed by atoms with Gasteiger partial charge in [-0.25, -0.2) is 0 Å². The molecule has 0 aromatic heterocycles. The van der Waals surface area contributed by atoms with Gasteiger partial charge in [-0.05, 0) is 64.7 Å². The predicted molar refractivity (Wildman–Crippen MR) is 107 cm³/mol. The number of hydrogen-bond donors (Lipinski definition) is 0. The van der Waals surface area contributed by atoms with Crippen molar-refractivity contribution in [3.63, 3.8) is 0 Å². The lowest BCUT2D eigenvalue weighted by atomic mass is 10.3. The molecule has 0 aromatic carbocycles. The van der Waals surface area contributed by atoms with E-state index in [2.05, 4.69) is 66.8 Å². The van der Waals surface area contributed by atoms with Crippen molar-refractivity contribution in [3.05, 3.63) is 0 Å². The molecule has 0 aliphatic carbocycles. The molecule has 0 saturated heterocycles. The second-order valence-electron chi connectivity index (χ2n) is 9.32. The van der Waals surface area contributed by atoms with Gasteiger partial charge in [-0.15, -0.1) is 0 Å². The van der Waals surface area contributed by atoms with E-state index >= 15 is 0 Å². The second kappa shape index (κ2) is 10.2. The van der Waals surface area contributed by atoms with Gasteiger partial charge in [-0.1, -0.05) is 13.3 Å². The summed E-state index contributed by atoms with van der Waals surface area (Å²) in [5.74, 6) is 0. The average Bonchev–Trinajstić information content (AvgIpc) is 2.20. The van der Waals surface area contributed by atoms with E-state index < -0.39 is 25.2 Å². The van der Waals surface area contributed by atoms with E-state index in [-0.39, 0.29) is 17.0 Å². The molecule has 7 heteroatoms. The van der Waals surface area contributed by atoms with Gasteiger partial charge in [0.2, 0.25) is 0 Å². The van der Waals surface area contributed by atoms with E-state index in [1.165, 1.54) is 38.4 Å². The van der Waals surface area contributed by atoms with E-state index in [9.17, 15) is 0 Å². The number of hydrogen-bond acceptors (Lipinski definition) is 2. The van der Waals surface area contributed by atoms with Crippen LogP contribution in [0.4, 0.5) is 0 Å². The second-order valence-corrected chi connectivity index (χ2v) is 22.0. The number of halogens is 1. The minimum Gasteiger partial charge on any atom is -1.00 e. The fourth-order valence-electron chi connectivity index (χ4n) is 3.11. The molecule has 0 fully saturated rings. The van der Waals surface area contributed by atoms with Crippen molar-refractivity contribution >= 4 is 25.2 Å². The average molecular weight is 445 g/mol. The zero-order valence-electron chi connectivity index (χ0n) is 17.4.